The average Bonchev–Trinajstić information content (AvgIpc) is 2.60. The molecule has 0 bridgehead atoms. The molecule has 2 aromatic rings. The SMILES string of the molecule is COc1ccc(C(=N)/C=C(/C)C(=O)NCc2ccc(Cl)cc2)cn1. The first-order valence-electron chi connectivity index (χ1n) is 7.29. The molecule has 24 heavy (non-hydrogen) atoms. The number of hydrogen-bond acceptors (Lipinski definition) is 4. The predicted molar refractivity (Wildman–Crippen MR) is 94.7 cm³/mol. The van der Waals surface area contributed by atoms with Gasteiger partial charge in [-0.05, 0) is 36.8 Å². The van der Waals surface area contributed by atoms with Crippen LogP contribution in [0.1, 0.15) is 18.1 Å². The van der Waals surface area contributed by atoms with E-state index in [1.54, 1.807) is 31.2 Å². The number of ether oxygens (including phenoxy) is 1. The highest BCUT2D eigenvalue weighted by Gasteiger charge is 2.07. The lowest BCUT2D eigenvalue weighted by molar-refractivity contribution is -0.117. The van der Waals surface area contributed by atoms with Crippen molar-refractivity contribution in [3.05, 3.63) is 70.4 Å². The van der Waals surface area contributed by atoms with E-state index in [-0.39, 0.29) is 11.6 Å². The summed E-state index contributed by atoms with van der Waals surface area (Å²) in [4.78, 5) is 16.2. The van der Waals surface area contributed by atoms with Gasteiger partial charge in [-0.1, -0.05) is 23.7 Å². The van der Waals surface area contributed by atoms with E-state index in [0.717, 1.165) is 5.56 Å². The summed E-state index contributed by atoms with van der Waals surface area (Å²) in [5.41, 5.74) is 2.23. The van der Waals surface area contributed by atoms with Gasteiger partial charge in [0.05, 0.1) is 12.8 Å². The number of amides is 1. The molecule has 2 rings (SSSR count). The summed E-state index contributed by atoms with van der Waals surface area (Å²) in [5.74, 6) is 0.254. The molecule has 1 heterocycles. The Labute approximate surface area is 145 Å². The molecular weight excluding hydrogens is 326 g/mol. The van der Waals surface area contributed by atoms with Gasteiger partial charge in [-0.15, -0.1) is 0 Å². The van der Waals surface area contributed by atoms with Gasteiger partial charge in [-0.25, -0.2) is 4.98 Å². The molecule has 124 valence electrons. The number of rotatable bonds is 6. The largest absolute Gasteiger partial charge is 0.481 e. The van der Waals surface area contributed by atoms with Crippen molar-refractivity contribution >= 4 is 23.2 Å². The number of allylic oxidation sites excluding steroid dienone is 1. The Balaban J connectivity index is 1.96. The molecule has 0 aliphatic rings. The molecule has 0 aliphatic carbocycles. The van der Waals surface area contributed by atoms with E-state index in [1.807, 2.05) is 12.1 Å². The van der Waals surface area contributed by atoms with Crippen molar-refractivity contribution in [2.45, 2.75) is 13.5 Å². The van der Waals surface area contributed by atoms with E-state index in [4.69, 9.17) is 21.7 Å². The summed E-state index contributed by atoms with van der Waals surface area (Å²) in [6.07, 6.45) is 3.05. The van der Waals surface area contributed by atoms with Crippen molar-refractivity contribution in [3.8, 4) is 5.88 Å². The lowest BCUT2D eigenvalue weighted by atomic mass is 10.1. The molecule has 1 aromatic heterocycles. The number of carbonyl (C=O) groups is 1. The molecule has 0 radical (unpaired) electrons. The minimum atomic E-state index is -0.226. The van der Waals surface area contributed by atoms with Gasteiger partial charge >= 0.3 is 0 Å². The molecule has 0 saturated carbocycles. The maximum absolute atomic E-state index is 12.1. The van der Waals surface area contributed by atoms with Gasteiger partial charge in [0.15, 0.2) is 0 Å². The summed E-state index contributed by atoms with van der Waals surface area (Å²) in [5, 5.41) is 11.5. The normalized spacial score (nSPS) is 11.0. The number of benzene rings is 1. The van der Waals surface area contributed by atoms with Gasteiger partial charge in [-0.2, -0.15) is 0 Å². The Morgan fingerprint density at radius 2 is 2.00 bits per heavy atom. The highest BCUT2D eigenvalue weighted by molar-refractivity contribution is 6.30. The summed E-state index contributed by atoms with van der Waals surface area (Å²) in [6.45, 7) is 2.07. The molecule has 0 spiro atoms. The highest BCUT2D eigenvalue weighted by Crippen LogP contribution is 2.10. The topological polar surface area (TPSA) is 75.1 Å². The van der Waals surface area contributed by atoms with E-state index in [0.29, 0.717) is 28.6 Å². The lowest BCUT2D eigenvalue weighted by Crippen LogP contribution is -2.24. The van der Waals surface area contributed by atoms with Crippen LogP contribution in [-0.2, 0) is 11.3 Å². The first kappa shape index (κ1) is 17.7. The fourth-order valence-corrected chi connectivity index (χ4v) is 2.08. The fraction of sp³-hybridized carbons (Fsp3) is 0.167. The van der Waals surface area contributed by atoms with Crippen LogP contribution in [0.4, 0.5) is 0 Å². The number of methoxy groups -OCH3 is 1. The van der Waals surface area contributed by atoms with Crippen molar-refractivity contribution < 1.29 is 9.53 Å². The van der Waals surface area contributed by atoms with E-state index >= 15 is 0 Å². The Hall–Kier alpha value is -2.66. The fourth-order valence-electron chi connectivity index (χ4n) is 1.95. The van der Waals surface area contributed by atoms with Crippen LogP contribution in [0, 0.1) is 5.41 Å². The van der Waals surface area contributed by atoms with Crippen LogP contribution in [-0.4, -0.2) is 23.7 Å². The van der Waals surface area contributed by atoms with Crippen molar-refractivity contribution in [2.75, 3.05) is 7.11 Å². The second-order valence-electron chi connectivity index (χ2n) is 5.14. The minimum Gasteiger partial charge on any atom is -0.481 e. The molecule has 0 fully saturated rings. The molecule has 1 amide bonds. The molecule has 1 aromatic carbocycles. The second kappa shape index (κ2) is 8.26. The number of nitrogens with one attached hydrogen (secondary N) is 2. The highest BCUT2D eigenvalue weighted by atomic mass is 35.5. The average molecular weight is 344 g/mol. The number of hydrogen-bond donors (Lipinski definition) is 2. The monoisotopic (exact) mass is 343 g/mol. The summed E-state index contributed by atoms with van der Waals surface area (Å²) < 4.78 is 4.98. The number of pyridine rings is 1. The number of halogens is 1. The van der Waals surface area contributed by atoms with E-state index < -0.39 is 0 Å². The Morgan fingerprint density at radius 1 is 1.29 bits per heavy atom. The van der Waals surface area contributed by atoms with Gasteiger partial charge in [0, 0.05) is 35.0 Å². The first-order valence-corrected chi connectivity index (χ1v) is 7.67. The molecule has 6 heteroatoms. The van der Waals surface area contributed by atoms with Gasteiger partial charge < -0.3 is 15.5 Å². The van der Waals surface area contributed by atoms with Crippen LogP contribution in [0.5, 0.6) is 5.88 Å². The maximum atomic E-state index is 12.1. The molecular formula is C18H18ClN3O2. The van der Waals surface area contributed by atoms with Crippen molar-refractivity contribution in [2.24, 2.45) is 0 Å². The third kappa shape index (κ3) is 4.93. The van der Waals surface area contributed by atoms with Crippen LogP contribution in [0.3, 0.4) is 0 Å². The van der Waals surface area contributed by atoms with Gasteiger partial charge in [0.2, 0.25) is 11.8 Å². The maximum Gasteiger partial charge on any atom is 0.247 e. The summed E-state index contributed by atoms with van der Waals surface area (Å²) in [6, 6.07) is 10.7. The van der Waals surface area contributed by atoms with Gasteiger partial charge in [0.1, 0.15) is 0 Å². The third-order valence-electron chi connectivity index (χ3n) is 3.34. The van der Waals surface area contributed by atoms with Gasteiger partial charge in [-0.3, -0.25) is 4.79 Å². The summed E-state index contributed by atoms with van der Waals surface area (Å²) >= 11 is 5.83. The quantitative estimate of drug-likeness (QED) is 0.623. The molecule has 0 saturated heterocycles. The van der Waals surface area contributed by atoms with Crippen LogP contribution in [0.15, 0.2) is 54.2 Å². The Kier molecular flexibility index (Phi) is 6.09. The number of nitrogens with zero attached hydrogens (tertiary/aromatic N) is 1. The van der Waals surface area contributed by atoms with Gasteiger partial charge in [0.25, 0.3) is 0 Å². The molecule has 0 aliphatic heterocycles. The number of carbonyl (C=O) groups excluding carboxylic acids is 1. The van der Waals surface area contributed by atoms with Crippen molar-refractivity contribution in [1.29, 1.82) is 5.41 Å². The van der Waals surface area contributed by atoms with Crippen LogP contribution < -0.4 is 10.1 Å². The standard InChI is InChI=1S/C18H18ClN3O2/c1-12(9-16(20)14-5-8-17(24-2)21-11-14)18(23)22-10-13-3-6-15(19)7-4-13/h3-9,11,20H,10H2,1-2H3,(H,22,23)/b12-9-,20-16?. The zero-order valence-electron chi connectivity index (χ0n) is 13.5. The summed E-state index contributed by atoms with van der Waals surface area (Å²) in [7, 11) is 1.53. The van der Waals surface area contributed by atoms with Crippen LogP contribution in [0.2, 0.25) is 5.02 Å². The molecule has 0 unspecified atom stereocenters. The van der Waals surface area contributed by atoms with Crippen LogP contribution in [0.25, 0.3) is 0 Å². The van der Waals surface area contributed by atoms with Crippen molar-refractivity contribution in [1.82, 2.24) is 10.3 Å². The Morgan fingerprint density at radius 3 is 2.58 bits per heavy atom. The van der Waals surface area contributed by atoms with Crippen molar-refractivity contribution in [3.63, 3.8) is 0 Å². The molecule has 2 N–H and O–H groups in total. The van der Waals surface area contributed by atoms with E-state index in [9.17, 15) is 4.79 Å². The second-order valence-corrected chi connectivity index (χ2v) is 5.58. The zero-order chi connectivity index (χ0) is 17.5. The number of aromatic nitrogens is 1. The smallest absolute Gasteiger partial charge is 0.247 e. The predicted octanol–water partition coefficient (Wildman–Crippen LogP) is 3.37. The minimum absolute atomic E-state index is 0.212. The van der Waals surface area contributed by atoms with E-state index in [1.165, 1.54) is 19.4 Å². The third-order valence-corrected chi connectivity index (χ3v) is 3.59. The zero-order valence-corrected chi connectivity index (χ0v) is 14.2. The Bertz CT molecular complexity index is 753. The van der Waals surface area contributed by atoms with E-state index in [2.05, 4.69) is 10.3 Å². The molecule has 0 atom stereocenters. The lowest BCUT2D eigenvalue weighted by Gasteiger charge is -2.07. The first-order chi connectivity index (χ1) is 11.5. The molecule has 5 nitrogen and oxygen atoms in total. The van der Waals surface area contributed by atoms with Crippen LogP contribution >= 0.6 is 11.6 Å².